The van der Waals surface area contributed by atoms with Gasteiger partial charge in [-0.1, -0.05) is 5.16 Å². The molecule has 6 heteroatoms. The Balaban J connectivity index is 2.36. The maximum atomic E-state index is 10.7. The molecule has 0 unspecified atom stereocenters. The summed E-state index contributed by atoms with van der Waals surface area (Å²) in [7, 11) is 0. The van der Waals surface area contributed by atoms with Crippen LogP contribution >= 0.6 is 0 Å². The van der Waals surface area contributed by atoms with Crippen LogP contribution in [0.4, 0.5) is 11.4 Å². The lowest BCUT2D eigenvalue weighted by Gasteiger charge is -2.29. The average molecular weight is 249 g/mol. The van der Waals surface area contributed by atoms with E-state index in [1.165, 1.54) is 24.8 Å². The summed E-state index contributed by atoms with van der Waals surface area (Å²) in [6.07, 6.45) is 4.70. The van der Waals surface area contributed by atoms with Crippen molar-refractivity contribution in [2.45, 2.75) is 19.3 Å². The molecule has 2 rings (SSSR count). The van der Waals surface area contributed by atoms with Crippen LogP contribution < -0.4 is 4.90 Å². The predicted molar refractivity (Wildman–Crippen MR) is 68.5 cm³/mol. The maximum Gasteiger partial charge on any atom is 0.270 e. The Labute approximate surface area is 105 Å². The summed E-state index contributed by atoms with van der Waals surface area (Å²) in [4.78, 5) is 12.5. The molecule has 96 valence electrons. The molecule has 1 fully saturated rings. The second-order valence-corrected chi connectivity index (χ2v) is 4.29. The summed E-state index contributed by atoms with van der Waals surface area (Å²) >= 11 is 0. The van der Waals surface area contributed by atoms with Gasteiger partial charge >= 0.3 is 0 Å². The molecule has 1 N–H and O–H groups in total. The molecule has 0 amide bonds. The third-order valence-electron chi connectivity index (χ3n) is 3.12. The van der Waals surface area contributed by atoms with E-state index >= 15 is 0 Å². The van der Waals surface area contributed by atoms with Crippen LogP contribution in [0.1, 0.15) is 24.8 Å². The second-order valence-electron chi connectivity index (χ2n) is 4.29. The second kappa shape index (κ2) is 5.48. The minimum absolute atomic E-state index is 0.00524. The van der Waals surface area contributed by atoms with Gasteiger partial charge in [-0.15, -0.1) is 0 Å². The fourth-order valence-electron chi connectivity index (χ4n) is 2.24. The third kappa shape index (κ3) is 2.58. The SMILES string of the molecule is O=[N+]([O-])c1ccc(N2CCCCC2)c(/C=N\O)c1. The lowest BCUT2D eigenvalue weighted by atomic mass is 10.1. The van der Waals surface area contributed by atoms with Gasteiger partial charge in [0.25, 0.3) is 5.69 Å². The van der Waals surface area contributed by atoms with E-state index in [1.807, 2.05) is 0 Å². The molecule has 0 atom stereocenters. The van der Waals surface area contributed by atoms with E-state index in [-0.39, 0.29) is 5.69 Å². The van der Waals surface area contributed by atoms with Crippen molar-refractivity contribution >= 4 is 17.6 Å². The van der Waals surface area contributed by atoms with Crippen molar-refractivity contribution < 1.29 is 10.1 Å². The average Bonchev–Trinajstić information content (AvgIpc) is 2.40. The lowest BCUT2D eigenvalue weighted by Crippen LogP contribution is -2.30. The highest BCUT2D eigenvalue weighted by Gasteiger charge is 2.16. The Morgan fingerprint density at radius 1 is 1.33 bits per heavy atom. The van der Waals surface area contributed by atoms with Gasteiger partial charge in [0, 0.05) is 36.5 Å². The highest BCUT2D eigenvalue weighted by Crippen LogP contribution is 2.26. The van der Waals surface area contributed by atoms with Crippen molar-refractivity contribution in [1.82, 2.24) is 0 Å². The van der Waals surface area contributed by atoms with E-state index < -0.39 is 4.92 Å². The van der Waals surface area contributed by atoms with Crippen LogP contribution in [0.2, 0.25) is 0 Å². The molecule has 1 heterocycles. The Kier molecular flexibility index (Phi) is 3.76. The molecule has 0 aromatic heterocycles. The van der Waals surface area contributed by atoms with Crippen LogP contribution in [-0.4, -0.2) is 29.4 Å². The molecule has 1 aliphatic rings. The molecular weight excluding hydrogens is 234 g/mol. The number of rotatable bonds is 3. The molecule has 6 nitrogen and oxygen atoms in total. The Morgan fingerprint density at radius 3 is 2.67 bits per heavy atom. The normalized spacial score (nSPS) is 16.1. The molecular formula is C12H15N3O3. The quantitative estimate of drug-likeness (QED) is 0.386. The summed E-state index contributed by atoms with van der Waals surface area (Å²) in [6, 6.07) is 4.64. The molecule has 1 aromatic rings. The molecule has 0 saturated carbocycles. The van der Waals surface area contributed by atoms with Crippen LogP contribution in [-0.2, 0) is 0 Å². The zero-order chi connectivity index (χ0) is 13.0. The van der Waals surface area contributed by atoms with Crippen LogP contribution in [0.5, 0.6) is 0 Å². The Hall–Kier alpha value is -2.11. The first-order chi connectivity index (χ1) is 8.72. The number of hydrogen-bond acceptors (Lipinski definition) is 5. The van der Waals surface area contributed by atoms with Gasteiger partial charge in [-0.2, -0.15) is 0 Å². The molecule has 0 aliphatic carbocycles. The van der Waals surface area contributed by atoms with E-state index in [2.05, 4.69) is 10.1 Å². The summed E-state index contributed by atoms with van der Waals surface area (Å²) in [5.74, 6) is 0. The largest absolute Gasteiger partial charge is 0.411 e. The van der Waals surface area contributed by atoms with Crippen molar-refractivity contribution in [1.29, 1.82) is 0 Å². The zero-order valence-electron chi connectivity index (χ0n) is 9.95. The predicted octanol–water partition coefficient (Wildman–Crippen LogP) is 2.39. The number of nitro benzene ring substituents is 1. The van der Waals surface area contributed by atoms with Gasteiger partial charge in [0.2, 0.25) is 0 Å². The van der Waals surface area contributed by atoms with E-state index in [0.29, 0.717) is 5.56 Å². The number of nitro groups is 1. The van der Waals surface area contributed by atoms with Gasteiger partial charge in [-0.25, -0.2) is 0 Å². The van der Waals surface area contributed by atoms with E-state index in [0.717, 1.165) is 31.6 Å². The maximum absolute atomic E-state index is 10.7. The number of hydrogen-bond donors (Lipinski definition) is 1. The smallest absolute Gasteiger partial charge is 0.270 e. The first kappa shape index (κ1) is 12.3. The molecule has 0 bridgehead atoms. The molecule has 1 aliphatic heterocycles. The fourth-order valence-corrected chi connectivity index (χ4v) is 2.24. The molecule has 18 heavy (non-hydrogen) atoms. The minimum Gasteiger partial charge on any atom is -0.411 e. The van der Waals surface area contributed by atoms with Crippen LogP contribution in [0, 0.1) is 10.1 Å². The number of non-ortho nitro benzene ring substituents is 1. The first-order valence-electron chi connectivity index (χ1n) is 5.93. The minimum atomic E-state index is -0.450. The van der Waals surface area contributed by atoms with Gasteiger partial charge in [0.1, 0.15) is 0 Å². The Bertz CT molecular complexity index is 468. The van der Waals surface area contributed by atoms with E-state index in [9.17, 15) is 10.1 Å². The monoisotopic (exact) mass is 249 g/mol. The van der Waals surface area contributed by atoms with Crippen molar-refractivity contribution in [2.75, 3.05) is 18.0 Å². The molecule has 0 radical (unpaired) electrons. The van der Waals surface area contributed by atoms with E-state index in [1.54, 1.807) is 6.07 Å². The topological polar surface area (TPSA) is 79.0 Å². The van der Waals surface area contributed by atoms with Gasteiger partial charge in [0.15, 0.2) is 0 Å². The highest BCUT2D eigenvalue weighted by atomic mass is 16.6. The fraction of sp³-hybridized carbons (Fsp3) is 0.417. The zero-order valence-corrected chi connectivity index (χ0v) is 9.95. The summed E-state index contributed by atoms with van der Waals surface area (Å²) < 4.78 is 0. The van der Waals surface area contributed by atoms with Gasteiger partial charge in [0.05, 0.1) is 11.1 Å². The number of nitrogens with zero attached hydrogens (tertiary/aromatic N) is 3. The highest BCUT2D eigenvalue weighted by molar-refractivity contribution is 5.88. The van der Waals surface area contributed by atoms with Crippen LogP contribution in [0.3, 0.4) is 0 Å². The molecule has 1 saturated heterocycles. The summed E-state index contributed by atoms with van der Waals surface area (Å²) in [6.45, 7) is 1.87. The third-order valence-corrected chi connectivity index (χ3v) is 3.12. The van der Waals surface area contributed by atoms with Crippen molar-refractivity contribution in [3.63, 3.8) is 0 Å². The Morgan fingerprint density at radius 2 is 2.06 bits per heavy atom. The summed E-state index contributed by atoms with van der Waals surface area (Å²) in [5.41, 5.74) is 1.47. The van der Waals surface area contributed by atoms with E-state index in [4.69, 9.17) is 5.21 Å². The number of oxime groups is 1. The number of benzene rings is 1. The van der Waals surface area contributed by atoms with Gasteiger partial charge in [-0.3, -0.25) is 10.1 Å². The molecule has 1 aromatic carbocycles. The van der Waals surface area contributed by atoms with Gasteiger partial charge < -0.3 is 10.1 Å². The van der Waals surface area contributed by atoms with Crippen LogP contribution in [0.25, 0.3) is 0 Å². The number of piperidine rings is 1. The first-order valence-corrected chi connectivity index (χ1v) is 5.93. The van der Waals surface area contributed by atoms with Crippen molar-refractivity contribution in [3.05, 3.63) is 33.9 Å². The molecule has 0 spiro atoms. The van der Waals surface area contributed by atoms with Crippen LogP contribution in [0.15, 0.2) is 23.4 Å². The van der Waals surface area contributed by atoms with Crippen molar-refractivity contribution in [2.24, 2.45) is 5.16 Å². The lowest BCUT2D eigenvalue weighted by molar-refractivity contribution is -0.384. The van der Waals surface area contributed by atoms with Gasteiger partial charge in [-0.05, 0) is 25.3 Å². The number of anilines is 1. The summed E-state index contributed by atoms with van der Waals surface area (Å²) in [5, 5.41) is 22.4. The van der Waals surface area contributed by atoms with Crippen molar-refractivity contribution in [3.8, 4) is 0 Å². The standard InChI is InChI=1S/C12H15N3O3/c16-13-9-10-8-11(15(17)18)4-5-12(10)14-6-2-1-3-7-14/h4-5,8-9,16H,1-3,6-7H2/b13-9-.